The number of rotatable bonds is 4. The normalized spacial score (nSPS) is 25.8. The van der Waals surface area contributed by atoms with E-state index in [0.717, 1.165) is 4.90 Å². The minimum atomic E-state index is -1.06. The fourth-order valence-electron chi connectivity index (χ4n) is 3.54. The third-order valence-electron chi connectivity index (χ3n) is 4.65. The predicted molar refractivity (Wildman–Crippen MR) is 85.7 cm³/mol. The first-order valence-electron chi connectivity index (χ1n) is 8.06. The number of aldehydes is 1. The van der Waals surface area contributed by atoms with E-state index in [1.807, 2.05) is 6.08 Å². The third kappa shape index (κ3) is 3.07. The van der Waals surface area contributed by atoms with Crippen LogP contribution in [0.5, 0.6) is 0 Å². The molecule has 1 fully saturated rings. The van der Waals surface area contributed by atoms with Gasteiger partial charge < -0.3 is 14.4 Å². The summed E-state index contributed by atoms with van der Waals surface area (Å²) in [6, 6.07) is 0.854. The van der Waals surface area contributed by atoms with E-state index in [0.29, 0.717) is 19.3 Å². The molecule has 3 rings (SSSR count). The van der Waals surface area contributed by atoms with Gasteiger partial charge in [-0.3, -0.25) is 19.3 Å². The Balaban J connectivity index is 2.00. The topological polar surface area (TPSA) is 108 Å². The van der Waals surface area contributed by atoms with Crippen LogP contribution < -0.4 is 4.90 Å². The number of carbonyl (C=O) groups excluding carboxylic acids is 3. The van der Waals surface area contributed by atoms with Gasteiger partial charge in [-0.25, -0.2) is 4.79 Å². The van der Waals surface area contributed by atoms with Crippen molar-refractivity contribution in [2.24, 2.45) is 0 Å². The number of nitrogens with zero attached hydrogens (tertiary/aromatic N) is 2. The minimum absolute atomic E-state index is 0.0760. The highest BCUT2D eigenvalue weighted by Gasteiger charge is 2.45. The van der Waals surface area contributed by atoms with Gasteiger partial charge in [-0.1, -0.05) is 12.2 Å². The number of furan rings is 1. The number of hydrogen-bond donors (Lipinski definition) is 1. The lowest BCUT2D eigenvalue weighted by Crippen LogP contribution is -2.56. The first-order valence-corrected chi connectivity index (χ1v) is 8.06. The standard InChI is InChI=1S/C17H18N2O6/c20-10-14(21)19(15-6-3-9-25-15)12-5-2-1-4-11-7-8-13(17(23)24)18(11)16(12)22/h1-3,6,9-13H,4-5,7-8H2,(H,23,24)/t11-,12+,13+/m1/s1. The number of aliphatic carboxylic acids is 1. The van der Waals surface area contributed by atoms with Gasteiger partial charge in [0.05, 0.1) is 6.26 Å². The molecule has 2 amide bonds. The number of carboxylic acids is 1. The van der Waals surface area contributed by atoms with Crippen LogP contribution in [0.4, 0.5) is 5.88 Å². The maximum Gasteiger partial charge on any atom is 0.326 e. The summed E-state index contributed by atoms with van der Waals surface area (Å²) in [6.45, 7) is 0. The summed E-state index contributed by atoms with van der Waals surface area (Å²) in [4.78, 5) is 50.2. The molecule has 25 heavy (non-hydrogen) atoms. The van der Waals surface area contributed by atoms with Crippen molar-refractivity contribution in [1.29, 1.82) is 0 Å². The van der Waals surface area contributed by atoms with Crippen molar-refractivity contribution in [3.8, 4) is 0 Å². The Morgan fingerprint density at radius 2 is 2.04 bits per heavy atom. The minimum Gasteiger partial charge on any atom is -0.480 e. The molecule has 1 N–H and O–H groups in total. The van der Waals surface area contributed by atoms with Crippen LogP contribution in [-0.4, -0.2) is 52.2 Å². The second-order valence-corrected chi connectivity index (χ2v) is 6.07. The molecule has 8 nitrogen and oxygen atoms in total. The molecule has 3 heterocycles. The van der Waals surface area contributed by atoms with Crippen molar-refractivity contribution in [3.63, 3.8) is 0 Å². The van der Waals surface area contributed by atoms with Crippen molar-refractivity contribution in [2.75, 3.05) is 4.90 Å². The van der Waals surface area contributed by atoms with E-state index >= 15 is 0 Å². The monoisotopic (exact) mass is 346 g/mol. The van der Waals surface area contributed by atoms with Crippen molar-refractivity contribution in [3.05, 3.63) is 30.5 Å². The van der Waals surface area contributed by atoms with Gasteiger partial charge in [-0.05, 0) is 31.7 Å². The van der Waals surface area contributed by atoms with Crippen molar-refractivity contribution in [1.82, 2.24) is 4.90 Å². The van der Waals surface area contributed by atoms with Crippen LogP contribution in [0.15, 0.2) is 35.0 Å². The van der Waals surface area contributed by atoms with E-state index in [1.54, 1.807) is 12.1 Å². The molecule has 0 spiro atoms. The molecule has 8 heteroatoms. The SMILES string of the molecule is O=CC(=O)N(c1ccco1)[C@H]1CC=CC[C@@H]2CC[C@@H](C(=O)O)N2C1=O. The van der Waals surface area contributed by atoms with Crippen molar-refractivity contribution < 1.29 is 28.7 Å². The van der Waals surface area contributed by atoms with Crippen LogP contribution >= 0.6 is 0 Å². The molecule has 0 bridgehead atoms. The quantitative estimate of drug-likeness (QED) is 0.494. The molecule has 0 aliphatic carbocycles. The number of hydrogen-bond acceptors (Lipinski definition) is 5. The lowest BCUT2D eigenvalue weighted by atomic mass is 10.0. The predicted octanol–water partition coefficient (Wildman–Crippen LogP) is 0.974. The van der Waals surface area contributed by atoms with Gasteiger partial charge in [0.25, 0.3) is 5.91 Å². The first kappa shape index (κ1) is 16.9. The molecule has 1 aromatic heterocycles. The van der Waals surface area contributed by atoms with Crippen LogP contribution in [0, 0.1) is 0 Å². The Hall–Kier alpha value is -2.90. The van der Waals surface area contributed by atoms with E-state index in [1.165, 1.54) is 17.2 Å². The van der Waals surface area contributed by atoms with Crippen LogP contribution in [0.1, 0.15) is 25.7 Å². The van der Waals surface area contributed by atoms with E-state index < -0.39 is 29.9 Å². The average Bonchev–Trinajstić information content (AvgIpc) is 3.24. The Morgan fingerprint density at radius 3 is 2.68 bits per heavy atom. The van der Waals surface area contributed by atoms with Gasteiger partial charge in [0, 0.05) is 12.1 Å². The number of carboxylic acid groups (broad SMARTS) is 1. The molecular formula is C17H18N2O6. The molecule has 0 saturated carbocycles. The highest BCUT2D eigenvalue weighted by atomic mass is 16.4. The lowest BCUT2D eigenvalue weighted by molar-refractivity contribution is -0.150. The number of amides is 2. The number of fused-ring (bicyclic) bond motifs is 1. The molecule has 1 saturated heterocycles. The van der Waals surface area contributed by atoms with Crippen LogP contribution in [0.2, 0.25) is 0 Å². The van der Waals surface area contributed by atoms with Gasteiger partial charge in [-0.2, -0.15) is 0 Å². The summed E-state index contributed by atoms with van der Waals surface area (Å²) >= 11 is 0. The van der Waals surface area contributed by atoms with Crippen LogP contribution in [0.25, 0.3) is 0 Å². The Kier molecular flexibility index (Phi) is 4.69. The van der Waals surface area contributed by atoms with Crippen LogP contribution in [-0.2, 0) is 19.2 Å². The van der Waals surface area contributed by atoms with E-state index in [2.05, 4.69) is 0 Å². The summed E-state index contributed by atoms with van der Waals surface area (Å²) in [6.07, 6.45) is 6.82. The van der Waals surface area contributed by atoms with Crippen molar-refractivity contribution >= 4 is 30.0 Å². The number of anilines is 1. The second-order valence-electron chi connectivity index (χ2n) is 6.07. The number of carbonyl (C=O) groups is 4. The maximum absolute atomic E-state index is 13.1. The summed E-state index contributed by atoms with van der Waals surface area (Å²) < 4.78 is 5.21. The zero-order chi connectivity index (χ0) is 18.0. The molecule has 3 atom stereocenters. The van der Waals surface area contributed by atoms with Gasteiger partial charge >= 0.3 is 5.97 Å². The zero-order valence-corrected chi connectivity index (χ0v) is 13.4. The van der Waals surface area contributed by atoms with Gasteiger partial charge in [0.2, 0.25) is 18.1 Å². The van der Waals surface area contributed by atoms with Crippen molar-refractivity contribution in [2.45, 2.75) is 43.8 Å². The first-order chi connectivity index (χ1) is 12.0. The lowest BCUT2D eigenvalue weighted by Gasteiger charge is -2.36. The van der Waals surface area contributed by atoms with Crippen LogP contribution in [0.3, 0.4) is 0 Å². The second kappa shape index (κ2) is 6.92. The smallest absolute Gasteiger partial charge is 0.326 e. The molecule has 0 unspecified atom stereocenters. The van der Waals surface area contributed by atoms with Gasteiger partial charge in [0.15, 0.2) is 0 Å². The fourth-order valence-corrected chi connectivity index (χ4v) is 3.54. The molecular weight excluding hydrogens is 328 g/mol. The molecule has 132 valence electrons. The summed E-state index contributed by atoms with van der Waals surface area (Å²) in [5.74, 6) is -2.38. The molecule has 2 aliphatic rings. The summed E-state index contributed by atoms with van der Waals surface area (Å²) in [7, 11) is 0. The van der Waals surface area contributed by atoms with E-state index in [9.17, 15) is 24.3 Å². The molecule has 0 aromatic carbocycles. The highest BCUT2D eigenvalue weighted by Crippen LogP contribution is 2.32. The maximum atomic E-state index is 13.1. The third-order valence-corrected chi connectivity index (χ3v) is 4.65. The Bertz CT molecular complexity index is 711. The Morgan fingerprint density at radius 1 is 1.28 bits per heavy atom. The summed E-state index contributed by atoms with van der Waals surface area (Å²) in [5, 5.41) is 9.43. The average molecular weight is 346 g/mol. The van der Waals surface area contributed by atoms with E-state index in [4.69, 9.17) is 4.42 Å². The van der Waals surface area contributed by atoms with Gasteiger partial charge in [0.1, 0.15) is 12.1 Å². The van der Waals surface area contributed by atoms with Gasteiger partial charge in [-0.15, -0.1) is 0 Å². The molecule has 1 aromatic rings. The largest absolute Gasteiger partial charge is 0.480 e. The zero-order valence-electron chi connectivity index (χ0n) is 13.4. The van der Waals surface area contributed by atoms with E-state index in [-0.39, 0.29) is 24.6 Å². The Labute approximate surface area is 143 Å². The molecule has 0 radical (unpaired) electrons. The summed E-state index contributed by atoms with van der Waals surface area (Å²) in [5.41, 5.74) is 0. The molecule has 2 aliphatic heterocycles. The fraction of sp³-hybridized carbons (Fsp3) is 0.412. The highest BCUT2D eigenvalue weighted by molar-refractivity contribution is 6.31.